The summed E-state index contributed by atoms with van der Waals surface area (Å²) in [7, 11) is -4.06. The number of nitrogens with zero attached hydrogens (tertiary/aromatic N) is 1. The molecule has 4 aromatic rings. The number of carbonyl (C=O) groups excluding carboxylic acids is 1. The fourth-order valence-electron chi connectivity index (χ4n) is 4.22. The van der Waals surface area contributed by atoms with E-state index in [4.69, 9.17) is 11.6 Å². The predicted molar refractivity (Wildman–Crippen MR) is 150 cm³/mol. The van der Waals surface area contributed by atoms with E-state index in [1.54, 1.807) is 49.4 Å². The largest absolute Gasteiger partial charge is 0.344 e. The lowest BCUT2D eigenvalue weighted by Gasteiger charge is -2.28. The smallest absolute Gasteiger partial charge is 0.264 e. The van der Waals surface area contributed by atoms with Gasteiger partial charge < -0.3 is 5.32 Å². The summed E-state index contributed by atoms with van der Waals surface area (Å²) >= 11 is 6.25. The highest BCUT2D eigenvalue weighted by atomic mass is 35.5. The SMILES string of the molecule is Cc1ccc(S(=O)(=O)N(CC(=O)NC(c2ccccc2)c2ccccc2C)c2cc(Cl)ccc2C)cc1. The molecule has 7 heteroatoms. The van der Waals surface area contributed by atoms with E-state index in [0.717, 1.165) is 26.6 Å². The van der Waals surface area contributed by atoms with Gasteiger partial charge >= 0.3 is 0 Å². The fourth-order valence-corrected chi connectivity index (χ4v) is 5.87. The molecular weight excluding hydrogens is 504 g/mol. The van der Waals surface area contributed by atoms with E-state index >= 15 is 0 Å². The van der Waals surface area contributed by atoms with Crippen LogP contribution in [0.4, 0.5) is 5.69 Å². The lowest BCUT2D eigenvalue weighted by atomic mass is 9.95. The van der Waals surface area contributed by atoms with Crippen LogP contribution >= 0.6 is 11.6 Å². The zero-order valence-corrected chi connectivity index (χ0v) is 22.6. The third-order valence-electron chi connectivity index (χ3n) is 6.27. The Morgan fingerprint density at radius 3 is 2.16 bits per heavy atom. The van der Waals surface area contributed by atoms with Crippen molar-refractivity contribution < 1.29 is 13.2 Å². The molecule has 0 aliphatic heterocycles. The zero-order valence-electron chi connectivity index (χ0n) is 21.0. The Morgan fingerprint density at radius 2 is 1.49 bits per heavy atom. The summed E-state index contributed by atoms with van der Waals surface area (Å²) in [6, 6.07) is 28.6. The Balaban J connectivity index is 1.73. The van der Waals surface area contributed by atoms with Gasteiger partial charge in [0.25, 0.3) is 10.0 Å². The maximum absolute atomic E-state index is 13.8. The summed E-state index contributed by atoms with van der Waals surface area (Å²) in [4.78, 5) is 13.7. The number of halogens is 1. The van der Waals surface area contributed by atoms with E-state index in [-0.39, 0.29) is 4.90 Å². The first-order chi connectivity index (χ1) is 17.7. The molecule has 0 fully saturated rings. The Hall–Kier alpha value is -3.61. The summed E-state index contributed by atoms with van der Waals surface area (Å²) in [6.45, 7) is 5.26. The molecule has 0 saturated carbocycles. The van der Waals surface area contributed by atoms with Crippen molar-refractivity contribution in [1.29, 1.82) is 0 Å². The van der Waals surface area contributed by atoms with Crippen LogP contribution in [0.2, 0.25) is 5.02 Å². The number of sulfonamides is 1. The van der Waals surface area contributed by atoms with Gasteiger partial charge in [0.1, 0.15) is 6.54 Å². The van der Waals surface area contributed by atoms with Crippen LogP contribution in [0.25, 0.3) is 0 Å². The Morgan fingerprint density at radius 1 is 0.838 bits per heavy atom. The highest BCUT2D eigenvalue weighted by Crippen LogP contribution is 2.30. The number of anilines is 1. The summed E-state index contributed by atoms with van der Waals surface area (Å²) in [5.41, 5.74) is 4.84. The predicted octanol–water partition coefficient (Wildman–Crippen LogP) is 6.37. The topological polar surface area (TPSA) is 66.5 Å². The second-order valence-electron chi connectivity index (χ2n) is 9.02. The van der Waals surface area contributed by atoms with Crippen LogP contribution in [0, 0.1) is 20.8 Å². The lowest BCUT2D eigenvalue weighted by molar-refractivity contribution is -0.120. The summed E-state index contributed by atoms with van der Waals surface area (Å²) in [6.07, 6.45) is 0. The van der Waals surface area contributed by atoms with E-state index in [1.165, 1.54) is 0 Å². The highest BCUT2D eigenvalue weighted by Gasteiger charge is 2.30. The van der Waals surface area contributed by atoms with Crippen molar-refractivity contribution in [2.45, 2.75) is 31.7 Å². The minimum absolute atomic E-state index is 0.101. The molecule has 0 aliphatic rings. The van der Waals surface area contributed by atoms with Gasteiger partial charge in [0, 0.05) is 5.02 Å². The van der Waals surface area contributed by atoms with Gasteiger partial charge in [0.2, 0.25) is 5.91 Å². The molecule has 5 nitrogen and oxygen atoms in total. The minimum Gasteiger partial charge on any atom is -0.344 e. The van der Waals surface area contributed by atoms with Crippen molar-refractivity contribution in [3.05, 3.63) is 130 Å². The van der Waals surface area contributed by atoms with Crippen LogP contribution in [0.1, 0.15) is 33.9 Å². The number of hydrogen-bond acceptors (Lipinski definition) is 3. The molecule has 0 aromatic heterocycles. The number of benzene rings is 4. The van der Waals surface area contributed by atoms with Gasteiger partial charge in [-0.3, -0.25) is 9.10 Å². The summed E-state index contributed by atoms with van der Waals surface area (Å²) < 4.78 is 28.8. The number of amides is 1. The third-order valence-corrected chi connectivity index (χ3v) is 8.28. The molecule has 4 rings (SSSR count). The molecule has 0 bridgehead atoms. The molecule has 37 heavy (non-hydrogen) atoms. The maximum Gasteiger partial charge on any atom is 0.264 e. The Kier molecular flexibility index (Phi) is 8.00. The Labute approximate surface area is 223 Å². The average molecular weight is 533 g/mol. The number of rotatable bonds is 8. The monoisotopic (exact) mass is 532 g/mol. The molecule has 0 heterocycles. The van der Waals surface area contributed by atoms with Crippen LogP contribution in [0.5, 0.6) is 0 Å². The number of nitrogens with one attached hydrogen (secondary N) is 1. The first-order valence-corrected chi connectivity index (χ1v) is 13.7. The van der Waals surface area contributed by atoms with E-state index in [0.29, 0.717) is 16.3 Å². The molecule has 4 aromatic carbocycles. The molecule has 0 saturated heterocycles. The van der Waals surface area contributed by atoms with Crippen LogP contribution in [-0.4, -0.2) is 20.9 Å². The van der Waals surface area contributed by atoms with E-state index in [9.17, 15) is 13.2 Å². The number of hydrogen-bond donors (Lipinski definition) is 1. The number of carbonyl (C=O) groups is 1. The standard InChI is InChI=1S/C30H29ClN2O3S/c1-21-13-17-26(18-14-21)37(35,36)33(28-19-25(31)16-15-23(28)3)20-29(34)32-30(24-10-5-4-6-11-24)27-12-8-7-9-22(27)2/h4-19,30H,20H2,1-3H3,(H,32,34). The number of aryl methyl sites for hydroxylation is 3. The molecule has 190 valence electrons. The Bertz CT molecular complexity index is 1500. The van der Waals surface area contributed by atoms with Gasteiger partial charge in [-0.1, -0.05) is 90.0 Å². The molecule has 0 aliphatic carbocycles. The second-order valence-corrected chi connectivity index (χ2v) is 11.3. The van der Waals surface area contributed by atoms with Gasteiger partial charge in [-0.25, -0.2) is 8.42 Å². The maximum atomic E-state index is 13.8. The van der Waals surface area contributed by atoms with Gasteiger partial charge in [-0.05, 0) is 67.3 Å². The van der Waals surface area contributed by atoms with Crippen molar-refractivity contribution in [3.8, 4) is 0 Å². The van der Waals surface area contributed by atoms with Crippen molar-refractivity contribution in [3.63, 3.8) is 0 Å². The second kappa shape index (κ2) is 11.2. The fraction of sp³-hybridized carbons (Fsp3) is 0.167. The van der Waals surface area contributed by atoms with E-state index in [2.05, 4.69) is 5.32 Å². The van der Waals surface area contributed by atoms with Gasteiger partial charge in [0.05, 0.1) is 16.6 Å². The normalized spacial score (nSPS) is 12.1. The minimum atomic E-state index is -4.06. The first kappa shape index (κ1) is 26.5. The van der Waals surface area contributed by atoms with Crippen LogP contribution in [-0.2, 0) is 14.8 Å². The third kappa shape index (κ3) is 6.04. The molecule has 0 radical (unpaired) electrons. The highest BCUT2D eigenvalue weighted by molar-refractivity contribution is 7.92. The van der Waals surface area contributed by atoms with Crippen LogP contribution in [0.15, 0.2) is 102 Å². The molecule has 1 atom stereocenters. The van der Waals surface area contributed by atoms with Crippen molar-refractivity contribution >= 4 is 33.2 Å². The molecule has 1 N–H and O–H groups in total. The zero-order chi connectivity index (χ0) is 26.6. The van der Waals surface area contributed by atoms with Crippen LogP contribution < -0.4 is 9.62 Å². The van der Waals surface area contributed by atoms with E-state index < -0.39 is 28.5 Å². The average Bonchev–Trinajstić information content (AvgIpc) is 2.88. The summed E-state index contributed by atoms with van der Waals surface area (Å²) in [5, 5.41) is 3.46. The molecular formula is C30H29ClN2O3S. The van der Waals surface area contributed by atoms with Gasteiger partial charge in [-0.2, -0.15) is 0 Å². The van der Waals surface area contributed by atoms with Crippen LogP contribution in [0.3, 0.4) is 0 Å². The molecule has 1 amide bonds. The van der Waals surface area contributed by atoms with Gasteiger partial charge in [-0.15, -0.1) is 0 Å². The van der Waals surface area contributed by atoms with Crippen molar-refractivity contribution in [2.75, 3.05) is 10.8 Å². The quantitative estimate of drug-likeness (QED) is 0.287. The van der Waals surface area contributed by atoms with E-state index in [1.807, 2.05) is 68.4 Å². The first-order valence-electron chi connectivity index (χ1n) is 11.9. The van der Waals surface area contributed by atoms with Crippen molar-refractivity contribution in [2.24, 2.45) is 0 Å². The summed E-state index contributed by atoms with van der Waals surface area (Å²) in [5.74, 6) is -0.438. The molecule has 0 spiro atoms. The van der Waals surface area contributed by atoms with Crippen molar-refractivity contribution in [1.82, 2.24) is 5.32 Å². The lowest BCUT2D eigenvalue weighted by Crippen LogP contribution is -2.42. The van der Waals surface area contributed by atoms with Gasteiger partial charge in [0.15, 0.2) is 0 Å². The molecule has 1 unspecified atom stereocenters.